The van der Waals surface area contributed by atoms with Gasteiger partial charge in [0.25, 0.3) is 0 Å². The molecule has 0 aliphatic carbocycles. The molecule has 5 heteroatoms. The highest BCUT2D eigenvalue weighted by Gasteiger charge is 2.07. The zero-order valence-corrected chi connectivity index (χ0v) is 9.90. The minimum Gasteiger partial charge on any atom is -0.497 e. The van der Waals surface area contributed by atoms with Gasteiger partial charge in [-0.15, -0.1) is 0 Å². The smallest absolute Gasteiger partial charge is 0.127 e. The number of aliphatic hydroxyl groups excluding tert-OH is 2. The zero-order valence-electron chi connectivity index (χ0n) is 9.90. The molecule has 0 bridgehead atoms. The highest BCUT2D eigenvalue weighted by Crippen LogP contribution is 2.17. The number of aliphatic hydroxyl groups is 2. The fraction of sp³-hybridized carbons (Fsp3) is 0.500. The normalized spacial score (nSPS) is 10.9. The summed E-state index contributed by atoms with van der Waals surface area (Å²) in [7, 11) is 1.48. The highest BCUT2D eigenvalue weighted by atomic mass is 19.1. The first-order valence-electron chi connectivity index (χ1n) is 5.47. The van der Waals surface area contributed by atoms with E-state index in [0.29, 0.717) is 25.4 Å². The zero-order chi connectivity index (χ0) is 12.7. The molecule has 0 saturated heterocycles. The largest absolute Gasteiger partial charge is 0.497 e. The summed E-state index contributed by atoms with van der Waals surface area (Å²) in [6, 6.07) is 4.47. The van der Waals surface area contributed by atoms with E-state index in [-0.39, 0.29) is 19.0 Å². The molecule has 0 aromatic heterocycles. The van der Waals surface area contributed by atoms with E-state index in [1.807, 2.05) is 4.90 Å². The van der Waals surface area contributed by atoms with Gasteiger partial charge in [0.2, 0.25) is 0 Å². The van der Waals surface area contributed by atoms with Gasteiger partial charge < -0.3 is 14.9 Å². The van der Waals surface area contributed by atoms with E-state index in [0.717, 1.165) is 5.56 Å². The number of methoxy groups -OCH3 is 1. The SMILES string of the molecule is COc1cc(F)cc(CN(CCO)CCO)c1. The molecule has 0 heterocycles. The fourth-order valence-corrected chi connectivity index (χ4v) is 1.64. The van der Waals surface area contributed by atoms with Crippen LogP contribution in [0.15, 0.2) is 18.2 Å². The summed E-state index contributed by atoms with van der Waals surface area (Å²) >= 11 is 0. The van der Waals surface area contributed by atoms with Crippen molar-refractivity contribution in [1.82, 2.24) is 4.90 Å². The third-order valence-corrected chi connectivity index (χ3v) is 2.41. The maximum Gasteiger partial charge on any atom is 0.127 e. The molecule has 0 radical (unpaired) electrons. The monoisotopic (exact) mass is 243 g/mol. The summed E-state index contributed by atoms with van der Waals surface area (Å²) < 4.78 is 18.2. The van der Waals surface area contributed by atoms with Gasteiger partial charge in [-0.2, -0.15) is 0 Å². The molecule has 0 aliphatic rings. The molecule has 0 unspecified atom stereocenters. The van der Waals surface area contributed by atoms with Crippen LogP contribution in [0.2, 0.25) is 0 Å². The molecule has 0 fully saturated rings. The van der Waals surface area contributed by atoms with E-state index < -0.39 is 0 Å². The number of hydrogen-bond donors (Lipinski definition) is 2. The van der Waals surface area contributed by atoms with E-state index in [1.165, 1.54) is 19.2 Å². The van der Waals surface area contributed by atoms with Gasteiger partial charge in [-0.1, -0.05) is 0 Å². The van der Waals surface area contributed by atoms with Crippen LogP contribution in [-0.2, 0) is 6.54 Å². The molecular weight excluding hydrogens is 225 g/mol. The maximum absolute atomic E-state index is 13.2. The van der Waals surface area contributed by atoms with Crippen LogP contribution in [0.4, 0.5) is 4.39 Å². The second-order valence-corrected chi connectivity index (χ2v) is 3.72. The number of rotatable bonds is 7. The summed E-state index contributed by atoms with van der Waals surface area (Å²) in [5.41, 5.74) is 0.753. The molecule has 4 nitrogen and oxygen atoms in total. The first-order valence-corrected chi connectivity index (χ1v) is 5.47. The van der Waals surface area contributed by atoms with Crippen molar-refractivity contribution in [3.63, 3.8) is 0 Å². The molecular formula is C12H18FNO3. The molecule has 1 aromatic rings. The highest BCUT2D eigenvalue weighted by molar-refractivity contribution is 5.29. The van der Waals surface area contributed by atoms with E-state index in [2.05, 4.69) is 0 Å². The standard InChI is InChI=1S/C12H18FNO3/c1-17-12-7-10(6-11(13)8-12)9-14(2-4-15)3-5-16/h6-8,15-16H,2-5,9H2,1H3. The third kappa shape index (κ3) is 4.68. The lowest BCUT2D eigenvalue weighted by atomic mass is 10.2. The van der Waals surface area contributed by atoms with E-state index >= 15 is 0 Å². The Hall–Kier alpha value is -1.17. The molecule has 1 aromatic carbocycles. The Morgan fingerprint density at radius 3 is 2.35 bits per heavy atom. The van der Waals surface area contributed by atoms with Crippen LogP contribution in [0.5, 0.6) is 5.75 Å². The lowest BCUT2D eigenvalue weighted by Crippen LogP contribution is -2.29. The second-order valence-electron chi connectivity index (χ2n) is 3.72. The maximum atomic E-state index is 13.2. The Kier molecular flexibility index (Phi) is 5.90. The van der Waals surface area contributed by atoms with Crippen LogP contribution in [0, 0.1) is 5.82 Å². The summed E-state index contributed by atoms with van der Waals surface area (Å²) in [4.78, 5) is 1.84. The van der Waals surface area contributed by atoms with E-state index in [4.69, 9.17) is 14.9 Å². The second kappa shape index (κ2) is 7.21. The number of nitrogens with zero attached hydrogens (tertiary/aromatic N) is 1. The number of halogens is 1. The Balaban J connectivity index is 2.73. The van der Waals surface area contributed by atoms with Gasteiger partial charge in [0, 0.05) is 25.7 Å². The lowest BCUT2D eigenvalue weighted by Gasteiger charge is -2.20. The summed E-state index contributed by atoms with van der Waals surface area (Å²) in [6.45, 7) is 1.37. The van der Waals surface area contributed by atoms with Gasteiger partial charge in [0.1, 0.15) is 11.6 Å². The van der Waals surface area contributed by atoms with Crippen LogP contribution in [0.3, 0.4) is 0 Å². The molecule has 17 heavy (non-hydrogen) atoms. The average Bonchev–Trinajstić information content (AvgIpc) is 2.29. The topological polar surface area (TPSA) is 52.9 Å². The van der Waals surface area contributed by atoms with Crippen LogP contribution in [-0.4, -0.2) is 48.5 Å². The van der Waals surface area contributed by atoms with Crippen LogP contribution < -0.4 is 4.74 Å². The molecule has 0 amide bonds. The predicted octanol–water partition coefficient (Wildman–Crippen LogP) is 0.621. The molecule has 1 rings (SSSR count). The first kappa shape index (κ1) is 13.9. The Labute approximate surface area is 100 Å². The molecule has 0 spiro atoms. The minimum absolute atomic E-state index is 0.00640. The number of benzene rings is 1. The summed E-state index contributed by atoms with van der Waals surface area (Å²) in [6.07, 6.45) is 0. The molecule has 0 atom stereocenters. The van der Waals surface area contributed by atoms with Crippen LogP contribution in [0.25, 0.3) is 0 Å². The summed E-state index contributed by atoms with van der Waals surface area (Å²) in [5, 5.41) is 17.7. The van der Waals surface area contributed by atoms with Crippen LogP contribution in [0.1, 0.15) is 5.56 Å². The number of hydrogen-bond acceptors (Lipinski definition) is 4. The van der Waals surface area contributed by atoms with Gasteiger partial charge in [0.05, 0.1) is 20.3 Å². The van der Waals surface area contributed by atoms with Crippen molar-refractivity contribution in [3.8, 4) is 5.75 Å². The molecule has 2 N–H and O–H groups in total. The number of ether oxygens (including phenoxy) is 1. The van der Waals surface area contributed by atoms with E-state index in [1.54, 1.807) is 6.07 Å². The lowest BCUT2D eigenvalue weighted by molar-refractivity contribution is 0.155. The van der Waals surface area contributed by atoms with Gasteiger partial charge in [0.15, 0.2) is 0 Å². The third-order valence-electron chi connectivity index (χ3n) is 2.41. The molecule has 96 valence electrons. The Morgan fingerprint density at radius 1 is 1.18 bits per heavy atom. The Bertz CT molecular complexity index is 341. The quantitative estimate of drug-likeness (QED) is 0.737. The van der Waals surface area contributed by atoms with Crippen molar-refractivity contribution < 1.29 is 19.3 Å². The fourth-order valence-electron chi connectivity index (χ4n) is 1.64. The van der Waals surface area contributed by atoms with Crippen molar-refractivity contribution in [2.75, 3.05) is 33.4 Å². The van der Waals surface area contributed by atoms with Crippen molar-refractivity contribution in [3.05, 3.63) is 29.6 Å². The van der Waals surface area contributed by atoms with Gasteiger partial charge in [-0.25, -0.2) is 4.39 Å². The van der Waals surface area contributed by atoms with Gasteiger partial charge >= 0.3 is 0 Å². The summed E-state index contributed by atoms with van der Waals surface area (Å²) in [5.74, 6) is 0.111. The van der Waals surface area contributed by atoms with Crippen molar-refractivity contribution >= 4 is 0 Å². The average molecular weight is 243 g/mol. The van der Waals surface area contributed by atoms with Crippen molar-refractivity contribution in [1.29, 1.82) is 0 Å². The van der Waals surface area contributed by atoms with Crippen molar-refractivity contribution in [2.24, 2.45) is 0 Å². The molecule has 0 saturated carbocycles. The molecule has 0 aliphatic heterocycles. The van der Waals surface area contributed by atoms with Gasteiger partial charge in [-0.05, 0) is 17.7 Å². The minimum atomic E-state index is -0.354. The first-order chi connectivity index (χ1) is 8.19. The predicted molar refractivity (Wildman–Crippen MR) is 62.4 cm³/mol. The van der Waals surface area contributed by atoms with Gasteiger partial charge in [-0.3, -0.25) is 4.90 Å². The van der Waals surface area contributed by atoms with Crippen LogP contribution >= 0.6 is 0 Å². The van der Waals surface area contributed by atoms with E-state index in [9.17, 15) is 4.39 Å². The Morgan fingerprint density at radius 2 is 1.82 bits per heavy atom. The van der Waals surface area contributed by atoms with Crippen molar-refractivity contribution in [2.45, 2.75) is 6.54 Å².